The summed E-state index contributed by atoms with van der Waals surface area (Å²) in [7, 11) is 0. The summed E-state index contributed by atoms with van der Waals surface area (Å²) in [5, 5.41) is 0. The Balaban J connectivity index is 1.55. The van der Waals surface area contributed by atoms with Gasteiger partial charge < -0.3 is 8.98 Å². The number of hydrogen-bond donors (Lipinski definition) is 0. The fourth-order valence-electron chi connectivity index (χ4n) is 4.53. The van der Waals surface area contributed by atoms with E-state index in [1.54, 1.807) is 23.3 Å². The molecule has 0 N–H and O–H groups in total. The molecule has 166 valence electrons. The van der Waals surface area contributed by atoms with Crippen molar-refractivity contribution in [2.75, 3.05) is 0 Å². The van der Waals surface area contributed by atoms with Gasteiger partial charge in [0.25, 0.3) is 0 Å². The third-order valence-electron chi connectivity index (χ3n) is 6.48. The van der Waals surface area contributed by atoms with E-state index < -0.39 is 0 Å². The summed E-state index contributed by atoms with van der Waals surface area (Å²) >= 11 is 0. The van der Waals surface area contributed by atoms with E-state index in [9.17, 15) is 4.79 Å². The maximum atomic E-state index is 12.6. The van der Waals surface area contributed by atoms with Crippen molar-refractivity contribution in [1.29, 1.82) is 0 Å². The minimum Gasteiger partial charge on any atom is -0.408 e. The average molecular weight is 441 g/mol. The molecule has 0 radical (unpaired) electrons. The van der Waals surface area contributed by atoms with E-state index in [0.717, 1.165) is 41.0 Å². The Bertz CT molecular complexity index is 1560. The van der Waals surface area contributed by atoms with E-state index in [1.807, 2.05) is 29.7 Å². The van der Waals surface area contributed by atoms with Crippen molar-refractivity contribution in [3.8, 4) is 22.6 Å². The topological polar surface area (TPSA) is 105 Å². The van der Waals surface area contributed by atoms with Gasteiger partial charge in [0, 0.05) is 30.5 Å². The van der Waals surface area contributed by atoms with Crippen LogP contribution in [0, 0.1) is 12.8 Å². The Morgan fingerprint density at radius 3 is 2.64 bits per heavy atom. The molecule has 0 aliphatic heterocycles. The molecule has 1 aliphatic rings. The smallest absolute Gasteiger partial charge is 0.408 e. The normalized spacial score (nSPS) is 14.9. The predicted molar refractivity (Wildman–Crippen MR) is 124 cm³/mol. The summed E-state index contributed by atoms with van der Waals surface area (Å²) in [5.74, 6) is 1.67. The second kappa shape index (κ2) is 7.33. The Labute approximate surface area is 189 Å². The fraction of sp³-hybridized carbons (Fsp3) is 0.333. The number of oxazole rings is 1. The van der Waals surface area contributed by atoms with Crippen LogP contribution in [-0.4, -0.2) is 34.1 Å². The van der Waals surface area contributed by atoms with Gasteiger partial charge in [-0.2, -0.15) is 0 Å². The molecular weight excluding hydrogens is 418 g/mol. The molecule has 1 aromatic carbocycles. The summed E-state index contributed by atoms with van der Waals surface area (Å²) in [6.07, 6.45) is 7.40. The van der Waals surface area contributed by atoms with Crippen LogP contribution in [0.4, 0.5) is 0 Å². The molecule has 1 aliphatic carbocycles. The van der Waals surface area contributed by atoms with E-state index >= 15 is 0 Å². The molecule has 4 heterocycles. The first kappa shape index (κ1) is 19.8. The maximum Gasteiger partial charge on any atom is 0.420 e. The number of benzene rings is 1. The SMILES string of the molecule is CCn1c(-c2cnc(C)nc2)nc2c(-c3ccc4oc(=O)n(C(C)C5CC5)c4c3)ncnc21. The third-order valence-corrected chi connectivity index (χ3v) is 6.48. The lowest BCUT2D eigenvalue weighted by atomic mass is 10.1. The Morgan fingerprint density at radius 2 is 1.91 bits per heavy atom. The second-order valence-electron chi connectivity index (χ2n) is 8.59. The lowest BCUT2D eigenvalue weighted by molar-refractivity contribution is 0.429. The highest BCUT2D eigenvalue weighted by atomic mass is 16.4. The van der Waals surface area contributed by atoms with Crippen LogP contribution < -0.4 is 5.76 Å². The molecule has 9 heteroatoms. The van der Waals surface area contributed by atoms with E-state index in [2.05, 4.69) is 33.8 Å². The van der Waals surface area contributed by atoms with Crippen molar-refractivity contribution < 1.29 is 4.42 Å². The first-order chi connectivity index (χ1) is 16.0. The van der Waals surface area contributed by atoms with Gasteiger partial charge in [0.05, 0.1) is 11.1 Å². The monoisotopic (exact) mass is 441 g/mol. The van der Waals surface area contributed by atoms with Gasteiger partial charge in [-0.15, -0.1) is 0 Å². The standard InChI is InChI=1S/C24H23N7O2/c1-4-30-22(17-10-25-14(3)26-11-17)29-21-20(27-12-28-23(21)30)16-7-8-19-18(9-16)31(24(32)33-19)13(2)15-5-6-15/h7-13,15H,4-6H2,1-3H3. The molecule has 33 heavy (non-hydrogen) atoms. The van der Waals surface area contributed by atoms with Gasteiger partial charge in [-0.1, -0.05) is 0 Å². The van der Waals surface area contributed by atoms with Gasteiger partial charge in [-0.05, 0) is 57.7 Å². The van der Waals surface area contributed by atoms with Crippen LogP contribution in [-0.2, 0) is 6.54 Å². The van der Waals surface area contributed by atoms with E-state index in [0.29, 0.717) is 35.1 Å². The minimum absolute atomic E-state index is 0.104. The van der Waals surface area contributed by atoms with Crippen molar-refractivity contribution in [2.45, 2.75) is 46.2 Å². The largest absolute Gasteiger partial charge is 0.420 e. The van der Waals surface area contributed by atoms with Crippen molar-refractivity contribution in [3.05, 3.63) is 53.3 Å². The molecule has 1 unspecified atom stereocenters. The molecule has 0 spiro atoms. The van der Waals surface area contributed by atoms with E-state index in [1.165, 1.54) is 0 Å². The maximum absolute atomic E-state index is 12.6. The predicted octanol–water partition coefficient (Wildman–Crippen LogP) is 4.16. The highest BCUT2D eigenvalue weighted by molar-refractivity contribution is 5.92. The minimum atomic E-state index is -0.314. The molecule has 1 atom stereocenters. The highest BCUT2D eigenvalue weighted by Crippen LogP contribution is 2.40. The summed E-state index contributed by atoms with van der Waals surface area (Å²) < 4.78 is 9.34. The van der Waals surface area contributed by atoms with Crippen molar-refractivity contribution in [1.82, 2.24) is 34.1 Å². The van der Waals surface area contributed by atoms with E-state index in [4.69, 9.17) is 9.40 Å². The van der Waals surface area contributed by atoms with Crippen LogP contribution >= 0.6 is 0 Å². The van der Waals surface area contributed by atoms with Crippen LogP contribution in [0.2, 0.25) is 0 Å². The molecule has 5 aromatic rings. The summed E-state index contributed by atoms with van der Waals surface area (Å²) in [6.45, 7) is 6.68. The number of imidazole rings is 1. The van der Waals surface area contributed by atoms with Gasteiger partial charge >= 0.3 is 5.76 Å². The molecule has 0 amide bonds. The molecule has 9 nitrogen and oxygen atoms in total. The highest BCUT2D eigenvalue weighted by Gasteiger charge is 2.31. The first-order valence-corrected chi connectivity index (χ1v) is 11.2. The molecule has 1 fully saturated rings. The van der Waals surface area contributed by atoms with Crippen molar-refractivity contribution >= 4 is 22.3 Å². The third kappa shape index (κ3) is 3.14. The Hall–Kier alpha value is -3.88. The number of fused-ring (bicyclic) bond motifs is 2. The van der Waals surface area contributed by atoms with Crippen molar-refractivity contribution in [3.63, 3.8) is 0 Å². The van der Waals surface area contributed by atoms with Crippen LogP contribution in [0.25, 0.3) is 44.9 Å². The Morgan fingerprint density at radius 1 is 1.12 bits per heavy atom. The zero-order chi connectivity index (χ0) is 22.7. The number of rotatable bonds is 5. The quantitative estimate of drug-likeness (QED) is 0.403. The van der Waals surface area contributed by atoms with Crippen LogP contribution in [0.15, 0.2) is 46.1 Å². The molecule has 6 rings (SSSR count). The average Bonchev–Trinajstić information content (AvgIpc) is 3.53. The fourth-order valence-corrected chi connectivity index (χ4v) is 4.53. The lowest BCUT2D eigenvalue weighted by Gasteiger charge is -2.11. The molecule has 0 saturated heterocycles. The lowest BCUT2D eigenvalue weighted by Crippen LogP contribution is -2.19. The molecule has 4 aromatic heterocycles. The zero-order valence-electron chi connectivity index (χ0n) is 18.7. The second-order valence-corrected chi connectivity index (χ2v) is 8.59. The van der Waals surface area contributed by atoms with Crippen molar-refractivity contribution in [2.24, 2.45) is 5.92 Å². The van der Waals surface area contributed by atoms with Crippen LogP contribution in [0.5, 0.6) is 0 Å². The number of aromatic nitrogens is 7. The van der Waals surface area contributed by atoms with Crippen LogP contribution in [0.1, 0.15) is 38.6 Å². The Kier molecular flexibility index (Phi) is 4.39. The molecular formula is C24H23N7O2. The number of hydrogen-bond acceptors (Lipinski definition) is 7. The molecule has 1 saturated carbocycles. The van der Waals surface area contributed by atoms with Gasteiger partial charge in [0.1, 0.15) is 29.2 Å². The van der Waals surface area contributed by atoms with E-state index in [-0.39, 0.29) is 11.8 Å². The van der Waals surface area contributed by atoms with Gasteiger partial charge in [-0.25, -0.2) is 29.7 Å². The summed E-state index contributed by atoms with van der Waals surface area (Å²) in [6, 6.07) is 5.83. The summed E-state index contributed by atoms with van der Waals surface area (Å²) in [5.41, 5.74) is 5.20. The van der Waals surface area contributed by atoms with Gasteiger partial charge in [0.15, 0.2) is 11.2 Å². The van der Waals surface area contributed by atoms with Gasteiger partial charge in [-0.3, -0.25) is 4.57 Å². The van der Waals surface area contributed by atoms with Gasteiger partial charge in [0.2, 0.25) is 0 Å². The number of aryl methyl sites for hydroxylation is 2. The summed E-state index contributed by atoms with van der Waals surface area (Å²) in [4.78, 5) is 35.2. The van der Waals surface area contributed by atoms with Crippen LogP contribution in [0.3, 0.4) is 0 Å². The number of nitrogens with zero attached hydrogens (tertiary/aromatic N) is 7. The first-order valence-electron chi connectivity index (χ1n) is 11.2. The molecule has 0 bridgehead atoms. The zero-order valence-corrected chi connectivity index (χ0v) is 18.7.